The van der Waals surface area contributed by atoms with Crippen LogP contribution in [0.3, 0.4) is 0 Å². The summed E-state index contributed by atoms with van der Waals surface area (Å²) in [6.07, 6.45) is 4.74. The summed E-state index contributed by atoms with van der Waals surface area (Å²) in [5, 5.41) is 9.73. The van der Waals surface area contributed by atoms with Gasteiger partial charge in [0, 0.05) is 47.4 Å². The quantitative estimate of drug-likeness (QED) is 0.272. The molecule has 0 radical (unpaired) electrons. The van der Waals surface area contributed by atoms with Crippen LogP contribution in [0.4, 0.5) is 5.69 Å². The van der Waals surface area contributed by atoms with Gasteiger partial charge < -0.3 is 14.7 Å². The van der Waals surface area contributed by atoms with Crippen molar-refractivity contribution in [3.05, 3.63) is 71.6 Å². The van der Waals surface area contributed by atoms with Crippen molar-refractivity contribution in [2.45, 2.75) is 65.7 Å². The zero-order valence-corrected chi connectivity index (χ0v) is 21.4. The molecule has 3 heteroatoms. The predicted molar refractivity (Wildman–Crippen MR) is 145 cm³/mol. The highest BCUT2D eigenvalue weighted by molar-refractivity contribution is 6.02. The Hall–Kier alpha value is -3.07. The van der Waals surface area contributed by atoms with Crippen molar-refractivity contribution in [1.29, 1.82) is 5.41 Å². The summed E-state index contributed by atoms with van der Waals surface area (Å²) < 4.78 is 6.42. The standard InChI is InChI=1S/C31H38N2O/c1-6-8-18-33(19-9-7-2)25-15-17-27-29(21-25)34-28-20-24(32)14-16-26(28)30(27)22-10-12-23(13-11-22)31(3,4)5/h10-17,20-21,32H,6-9,18-19H2,1-5H3. The molecule has 0 aromatic heterocycles. The summed E-state index contributed by atoms with van der Waals surface area (Å²) in [6.45, 7) is 13.4. The molecular formula is C31H38N2O. The molecule has 1 aliphatic carbocycles. The largest absolute Gasteiger partial charge is 0.456 e. The molecule has 0 unspecified atom stereocenters. The third kappa shape index (κ3) is 5.04. The van der Waals surface area contributed by atoms with Crippen LogP contribution >= 0.6 is 0 Å². The van der Waals surface area contributed by atoms with Crippen LogP contribution in [0.25, 0.3) is 33.4 Å². The number of anilines is 1. The summed E-state index contributed by atoms with van der Waals surface area (Å²) in [5.74, 6) is 0.765. The number of rotatable bonds is 8. The number of nitrogens with zero attached hydrogens (tertiary/aromatic N) is 1. The lowest BCUT2D eigenvalue weighted by Gasteiger charge is -2.25. The van der Waals surface area contributed by atoms with Gasteiger partial charge in [0.05, 0.1) is 5.36 Å². The first kappa shape index (κ1) is 24.1. The molecule has 1 aliphatic heterocycles. The lowest BCUT2D eigenvalue weighted by Crippen LogP contribution is -2.25. The summed E-state index contributed by atoms with van der Waals surface area (Å²) in [5.41, 5.74) is 6.94. The van der Waals surface area contributed by atoms with E-state index in [2.05, 4.69) is 82.0 Å². The van der Waals surface area contributed by atoms with E-state index >= 15 is 0 Å². The second-order valence-electron chi connectivity index (χ2n) is 10.4. The van der Waals surface area contributed by atoms with Crippen LogP contribution in [0.1, 0.15) is 65.9 Å². The van der Waals surface area contributed by atoms with Crippen LogP contribution in [0.15, 0.2) is 65.1 Å². The third-order valence-electron chi connectivity index (χ3n) is 6.67. The third-order valence-corrected chi connectivity index (χ3v) is 6.67. The molecule has 0 saturated heterocycles. The Labute approximate surface area is 204 Å². The van der Waals surface area contributed by atoms with E-state index in [1.165, 1.54) is 48.1 Å². The summed E-state index contributed by atoms with van der Waals surface area (Å²) >= 11 is 0. The van der Waals surface area contributed by atoms with Crippen LogP contribution in [0, 0.1) is 5.41 Å². The van der Waals surface area contributed by atoms with Crippen molar-refractivity contribution in [2.24, 2.45) is 0 Å². The normalized spacial score (nSPS) is 11.9. The molecule has 3 nitrogen and oxygen atoms in total. The summed E-state index contributed by atoms with van der Waals surface area (Å²) in [4.78, 5) is 2.49. The van der Waals surface area contributed by atoms with E-state index in [-0.39, 0.29) is 5.41 Å². The molecule has 34 heavy (non-hydrogen) atoms. The maximum Gasteiger partial charge on any atom is 0.137 e. The SMILES string of the molecule is CCCCN(CCCC)c1ccc2c(-c3ccc(C(C)(C)C)cc3)c3ccc(=N)cc-3oc2c1. The molecule has 2 aromatic rings. The lowest BCUT2D eigenvalue weighted by molar-refractivity contribution is 0.590. The Morgan fingerprint density at radius 3 is 2.12 bits per heavy atom. The lowest BCUT2D eigenvalue weighted by atomic mass is 9.85. The zero-order valence-electron chi connectivity index (χ0n) is 21.4. The molecular weight excluding hydrogens is 416 g/mol. The molecule has 0 fully saturated rings. The second kappa shape index (κ2) is 10.0. The van der Waals surface area contributed by atoms with Gasteiger partial charge in [0.1, 0.15) is 11.3 Å². The van der Waals surface area contributed by atoms with E-state index in [1.807, 2.05) is 18.2 Å². The van der Waals surface area contributed by atoms with E-state index in [4.69, 9.17) is 9.83 Å². The zero-order chi connectivity index (χ0) is 24.3. The number of unbranched alkanes of at least 4 members (excludes halogenated alkanes) is 2. The van der Waals surface area contributed by atoms with E-state index in [9.17, 15) is 0 Å². The first-order chi connectivity index (χ1) is 16.3. The van der Waals surface area contributed by atoms with E-state index < -0.39 is 0 Å². The van der Waals surface area contributed by atoms with Crippen molar-refractivity contribution in [3.8, 4) is 22.5 Å². The van der Waals surface area contributed by atoms with Crippen molar-refractivity contribution in [1.82, 2.24) is 0 Å². The molecule has 1 heterocycles. The Kier molecular flexibility index (Phi) is 7.11. The van der Waals surface area contributed by atoms with Gasteiger partial charge in [-0.05, 0) is 53.6 Å². The molecule has 0 bridgehead atoms. The molecule has 178 valence electrons. The monoisotopic (exact) mass is 454 g/mol. The van der Waals surface area contributed by atoms with E-state index in [0.29, 0.717) is 5.36 Å². The second-order valence-corrected chi connectivity index (χ2v) is 10.4. The van der Waals surface area contributed by atoms with Gasteiger partial charge in [-0.25, -0.2) is 0 Å². The van der Waals surface area contributed by atoms with Gasteiger partial charge in [-0.15, -0.1) is 0 Å². The average molecular weight is 455 g/mol. The van der Waals surface area contributed by atoms with Crippen molar-refractivity contribution in [2.75, 3.05) is 18.0 Å². The minimum atomic E-state index is 0.115. The van der Waals surface area contributed by atoms with Gasteiger partial charge in [0.15, 0.2) is 0 Å². The first-order valence-corrected chi connectivity index (χ1v) is 12.7. The van der Waals surface area contributed by atoms with Crippen LogP contribution < -0.4 is 10.3 Å². The van der Waals surface area contributed by atoms with E-state index in [1.54, 1.807) is 0 Å². The van der Waals surface area contributed by atoms with Crippen LogP contribution in [0.2, 0.25) is 0 Å². The Bertz CT molecular complexity index is 1270. The average Bonchev–Trinajstić information content (AvgIpc) is 2.82. The number of nitrogens with one attached hydrogen (secondary N) is 1. The van der Waals surface area contributed by atoms with Crippen LogP contribution in [0.5, 0.6) is 0 Å². The fourth-order valence-electron chi connectivity index (χ4n) is 4.59. The molecule has 0 atom stereocenters. The predicted octanol–water partition coefficient (Wildman–Crippen LogP) is 8.39. The maximum atomic E-state index is 8.15. The Morgan fingerprint density at radius 2 is 1.50 bits per heavy atom. The fourth-order valence-corrected chi connectivity index (χ4v) is 4.59. The number of hydrogen-bond donors (Lipinski definition) is 1. The first-order valence-electron chi connectivity index (χ1n) is 12.7. The van der Waals surface area contributed by atoms with E-state index in [0.717, 1.165) is 35.4 Å². The van der Waals surface area contributed by atoms with Crippen LogP contribution in [-0.4, -0.2) is 13.1 Å². The molecule has 1 N–H and O–H groups in total. The minimum Gasteiger partial charge on any atom is -0.456 e. The molecule has 0 spiro atoms. The molecule has 0 amide bonds. The van der Waals surface area contributed by atoms with Crippen molar-refractivity contribution < 1.29 is 4.42 Å². The molecule has 4 rings (SSSR count). The smallest absolute Gasteiger partial charge is 0.137 e. The summed E-state index contributed by atoms with van der Waals surface area (Å²) in [6, 6.07) is 21.3. The number of benzene rings is 3. The Balaban J connectivity index is 1.89. The highest BCUT2D eigenvalue weighted by Crippen LogP contribution is 2.41. The van der Waals surface area contributed by atoms with Gasteiger partial charge in [0.2, 0.25) is 0 Å². The topological polar surface area (TPSA) is 40.2 Å². The van der Waals surface area contributed by atoms with Crippen molar-refractivity contribution >= 4 is 16.7 Å². The number of hydrogen-bond acceptors (Lipinski definition) is 3. The van der Waals surface area contributed by atoms with Crippen molar-refractivity contribution in [3.63, 3.8) is 0 Å². The highest BCUT2D eigenvalue weighted by Gasteiger charge is 2.19. The fraction of sp³-hybridized carbons (Fsp3) is 0.387. The van der Waals surface area contributed by atoms with Gasteiger partial charge >= 0.3 is 0 Å². The highest BCUT2D eigenvalue weighted by atomic mass is 16.3. The van der Waals surface area contributed by atoms with Gasteiger partial charge in [0.25, 0.3) is 0 Å². The summed E-state index contributed by atoms with van der Waals surface area (Å²) in [7, 11) is 0. The van der Waals surface area contributed by atoms with Crippen LogP contribution in [-0.2, 0) is 5.41 Å². The Morgan fingerprint density at radius 1 is 0.824 bits per heavy atom. The number of fused-ring (bicyclic) bond motifs is 2. The maximum absolute atomic E-state index is 8.15. The molecule has 2 aliphatic rings. The van der Waals surface area contributed by atoms with Gasteiger partial charge in [-0.3, -0.25) is 0 Å². The molecule has 0 saturated carbocycles. The van der Waals surface area contributed by atoms with Gasteiger partial charge in [-0.1, -0.05) is 71.7 Å². The molecule has 2 aromatic carbocycles. The van der Waals surface area contributed by atoms with Gasteiger partial charge in [-0.2, -0.15) is 0 Å². The minimum absolute atomic E-state index is 0.115.